The van der Waals surface area contributed by atoms with Crippen LogP contribution in [0.3, 0.4) is 0 Å². The number of hydrogen-bond acceptors (Lipinski definition) is 15. The Morgan fingerprint density at radius 2 is 1.86 bits per heavy atom. The maximum Gasteiger partial charge on any atom is 0.335 e. The average Bonchev–Trinajstić information content (AvgIpc) is 3.76. The van der Waals surface area contributed by atoms with E-state index in [-0.39, 0.29) is 25.1 Å². The zero-order valence-electron chi connectivity index (χ0n) is 29.9. The maximum atomic E-state index is 14.4. The minimum Gasteiger partial charge on any atom is -0.472 e. The Kier molecular flexibility index (Phi) is 10.1. The molecule has 2 aliphatic carbocycles. The lowest BCUT2D eigenvalue weighted by Gasteiger charge is -2.61. The van der Waals surface area contributed by atoms with Crippen molar-refractivity contribution in [3.8, 4) is 0 Å². The number of ether oxygens (including phenoxy) is 6. The van der Waals surface area contributed by atoms with Crippen LogP contribution in [-0.2, 0) is 52.4 Å². The number of ketones is 1. The summed E-state index contributed by atoms with van der Waals surface area (Å²) in [5.41, 5.74) is -7.24. The molecule has 0 aromatic carbocycles. The van der Waals surface area contributed by atoms with Crippen LogP contribution < -0.4 is 0 Å². The molecule has 282 valence electrons. The van der Waals surface area contributed by atoms with E-state index in [9.17, 15) is 39.3 Å². The first-order valence-corrected chi connectivity index (χ1v) is 17.0. The molecule has 0 amide bonds. The fourth-order valence-electron chi connectivity index (χ4n) is 9.45. The highest BCUT2D eigenvalue weighted by molar-refractivity contribution is 5.96. The highest BCUT2D eigenvalue weighted by Crippen LogP contribution is 2.69. The molecule has 2 bridgehead atoms. The molecular weight excluding hydrogens is 672 g/mol. The number of Topliss-reactive ketones (excluding diaryl/α,β-unsaturated/α-hetero) is 1. The standard InChI is InChI=1S/C36H48O15/c1-9-18(2)28(41)31(42)50-30-29(47-17-37)27(19(3)36(44)24(39)12-22(34(30,36)7)21-10-11-46-15-21)33(6)23(13-26(40)45-8)32(5)16-48-35(43,51-32)14-25(33)49-20(4)38/h10-11,15,17-18,22-23,25,27-30,41,43-44H,3,9,12-14,16H2,1-2,4-8H3. The number of carbonyl (C=O) groups is 5. The van der Waals surface area contributed by atoms with Crippen LogP contribution in [0.1, 0.15) is 78.7 Å². The maximum absolute atomic E-state index is 14.4. The molecule has 4 aliphatic rings. The average molecular weight is 721 g/mol. The summed E-state index contributed by atoms with van der Waals surface area (Å²) in [6, 6.07) is 1.59. The molecule has 1 aromatic rings. The molecule has 3 heterocycles. The molecule has 15 nitrogen and oxygen atoms in total. The summed E-state index contributed by atoms with van der Waals surface area (Å²) >= 11 is 0. The van der Waals surface area contributed by atoms with Gasteiger partial charge in [-0.15, -0.1) is 0 Å². The van der Waals surface area contributed by atoms with Crippen LogP contribution in [0, 0.1) is 28.6 Å². The van der Waals surface area contributed by atoms with Gasteiger partial charge in [-0.25, -0.2) is 4.79 Å². The molecule has 13 atom stereocenters. The lowest BCUT2D eigenvalue weighted by molar-refractivity contribution is -0.328. The molecule has 0 radical (unpaired) electrons. The number of methoxy groups -OCH3 is 1. The number of esters is 3. The van der Waals surface area contributed by atoms with E-state index in [0.717, 1.165) is 6.92 Å². The van der Waals surface area contributed by atoms with Gasteiger partial charge in [0, 0.05) is 36.5 Å². The Morgan fingerprint density at radius 1 is 1.18 bits per heavy atom. The monoisotopic (exact) mass is 720 g/mol. The molecule has 0 spiro atoms. The van der Waals surface area contributed by atoms with Gasteiger partial charge in [0.2, 0.25) is 0 Å². The zero-order valence-corrected chi connectivity index (χ0v) is 29.9. The first-order chi connectivity index (χ1) is 23.8. The fraction of sp³-hybridized carbons (Fsp3) is 0.694. The van der Waals surface area contributed by atoms with Gasteiger partial charge in [-0.1, -0.05) is 40.7 Å². The van der Waals surface area contributed by atoms with Gasteiger partial charge in [0.05, 0.1) is 50.1 Å². The number of hydrogen-bond donors (Lipinski definition) is 3. The van der Waals surface area contributed by atoms with Crippen LogP contribution in [0.2, 0.25) is 0 Å². The smallest absolute Gasteiger partial charge is 0.335 e. The van der Waals surface area contributed by atoms with E-state index in [0.29, 0.717) is 12.0 Å². The number of furan rings is 1. The molecule has 13 unspecified atom stereocenters. The number of aliphatic hydroxyl groups is 3. The van der Waals surface area contributed by atoms with Gasteiger partial charge in [0.15, 0.2) is 17.5 Å². The van der Waals surface area contributed by atoms with Gasteiger partial charge < -0.3 is 48.2 Å². The van der Waals surface area contributed by atoms with Crippen LogP contribution in [0.4, 0.5) is 0 Å². The second-order valence-corrected chi connectivity index (χ2v) is 15.0. The van der Waals surface area contributed by atoms with Crippen molar-refractivity contribution in [3.63, 3.8) is 0 Å². The van der Waals surface area contributed by atoms with Crippen molar-refractivity contribution in [2.75, 3.05) is 13.7 Å². The van der Waals surface area contributed by atoms with Gasteiger partial charge in [-0.3, -0.25) is 19.2 Å². The van der Waals surface area contributed by atoms with E-state index in [4.69, 9.17) is 32.8 Å². The van der Waals surface area contributed by atoms with E-state index in [1.165, 1.54) is 26.6 Å². The van der Waals surface area contributed by atoms with E-state index in [2.05, 4.69) is 6.58 Å². The van der Waals surface area contributed by atoms with Gasteiger partial charge in [-0.2, -0.15) is 0 Å². The van der Waals surface area contributed by atoms with E-state index in [1.807, 2.05) is 0 Å². The molecule has 15 heteroatoms. The number of carbonyl (C=O) groups excluding carboxylic acids is 5. The molecule has 2 saturated carbocycles. The quantitative estimate of drug-likeness (QED) is 0.129. The molecular formula is C36H48O15. The SMILES string of the molecule is C=C1C(C2(C)C(OC(C)=O)CC3(O)OCC(C)(O3)C2CC(=O)OC)C(OC=O)C(OC(=O)C(O)C(C)CC)C2(C)C(c3ccoc3)CC(=O)C12O. The van der Waals surface area contributed by atoms with Crippen LogP contribution in [0.15, 0.2) is 35.2 Å². The predicted octanol–water partition coefficient (Wildman–Crippen LogP) is 2.09. The molecule has 51 heavy (non-hydrogen) atoms. The Bertz CT molecular complexity index is 1560. The molecule has 5 rings (SSSR count). The fourth-order valence-corrected chi connectivity index (χ4v) is 9.45. The van der Waals surface area contributed by atoms with Crippen molar-refractivity contribution in [3.05, 3.63) is 36.3 Å². The zero-order chi connectivity index (χ0) is 37.9. The Balaban J connectivity index is 1.82. The molecule has 4 fully saturated rings. The largest absolute Gasteiger partial charge is 0.472 e. The summed E-state index contributed by atoms with van der Waals surface area (Å²) in [6.45, 7) is 13.3. The highest BCUT2D eigenvalue weighted by Gasteiger charge is 2.78. The molecule has 1 aromatic heterocycles. The van der Waals surface area contributed by atoms with Crippen molar-refractivity contribution in [1.29, 1.82) is 0 Å². The van der Waals surface area contributed by atoms with Crippen molar-refractivity contribution in [2.24, 2.45) is 28.6 Å². The van der Waals surface area contributed by atoms with Gasteiger partial charge in [0.1, 0.15) is 18.3 Å². The first kappa shape index (κ1) is 38.6. The van der Waals surface area contributed by atoms with E-state index < -0.39 is 113 Å². The van der Waals surface area contributed by atoms with Gasteiger partial charge in [-0.05, 0) is 30.0 Å². The number of fused-ring (bicyclic) bond motifs is 3. The summed E-state index contributed by atoms with van der Waals surface area (Å²) in [5.74, 6) is -9.67. The lowest BCUT2D eigenvalue weighted by atomic mass is 9.46. The van der Waals surface area contributed by atoms with Crippen molar-refractivity contribution in [2.45, 2.75) is 115 Å². The Labute approximate surface area is 295 Å². The summed E-state index contributed by atoms with van der Waals surface area (Å²) in [7, 11) is 1.17. The van der Waals surface area contributed by atoms with Gasteiger partial charge >= 0.3 is 17.9 Å². The van der Waals surface area contributed by atoms with Gasteiger partial charge in [0.25, 0.3) is 12.4 Å². The van der Waals surface area contributed by atoms with Crippen LogP contribution in [0.5, 0.6) is 0 Å². The second-order valence-electron chi connectivity index (χ2n) is 15.0. The Morgan fingerprint density at radius 3 is 2.43 bits per heavy atom. The van der Waals surface area contributed by atoms with Crippen molar-refractivity contribution < 1.29 is 72.1 Å². The van der Waals surface area contributed by atoms with Crippen LogP contribution in [-0.4, -0.2) is 101 Å². The summed E-state index contributed by atoms with van der Waals surface area (Å²) < 4.78 is 40.0. The minimum absolute atomic E-state index is 0.117. The topological polar surface area (TPSA) is 215 Å². The normalized spacial score (nSPS) is 41.5. The van der Waals surface area contributed by atoms with E-state index in [1.54, 1.807) is 33.8 Å². The number of rotatable bonds is 11. The number of aliphatic hydroxyl groups excluding tert-OH is 1. The summed E-state index contributed by atoms with van der Waals surface area (Å²) in [5, 5.41) is 35.5. The van der Waals surface area contributed by atoms with Crippen LogP contribution in [0.25, 0.3) is 0 Å². The third-order valence-electron chi connectivity index (χ3n) is 12.4. The first-order valence-electron chi connectivity index (χ1n) is 17.0. The van der Waals surface area contributed by atoms with Crippen LogP contribution >= 0.6 is 0 Å². The van der Waals surface area contributed by atoms with E-state index >= 15 is 0 Å². The minimum atomic E-state index is -2.51. The second kappa shape index (κ2) is 13.4. The van der Waals surface area contributed by atoms with Crippen molar-refractivity contribution in [1.82, 2.24) is 0 Å². The lowest BCUT2D eigenvalue weighted by Crippen LogP contribution is -2.72. The Hall–Kier alpha value is -3.63. The third kappa shape index (κ3) is 5.81. The molecule has 2 aliphatic heterocycles. The third-order valence-corrected chi connectivity index (χ3v) is 12.4. The highest BCUT2D eigenvalue weighted by atomic mass is 16.9. The predicted molar refractivity (Wildman–Crippen MR) is 172 cm³/mol. The van der Waals surface area contributed by atoms with Crippen molar-refractivity contribution >= 4 is 30.2 Å². The summed E-state index contributed by atoms with van der Waals surface area (Å²) in [4.78, 5) is 66.6. The molecule has 3 N–H and O–H groups in total. The molecule has 2 saturated heterocycles. The summed E-state index contributed by atoms with van der Waals surface area (Å²) in [6.07, 6.45) is -4.39.